The zero-order valence-corrected chi connectivity index (χ0v) is 11.2. The number of rotatable bonds is 8. The largest absolute Gasteiger partial charge is 0.411 e. The van der Waals surface area contributed by atoms with E-state index in [1.54, 1.807) is 0 Å². The second-order valence-electron chi connectivity index (χ2n) is 5.47. The molecule has 0 fully saturated rings. The highest BCUT2D eigenvalue weighted by molar-refractivity contribution is 4.72. The van der Waals surface area contributed by atoms with Crippen LogP contribution in [0.15, 0.2) is 0 Å². The Kier molecular flexibility index (Phi) is 7.09. The Morgan fingerprint density at radius 3 is 2.24 bits per heavy atom. The van der Waals surface area contributed by atoms with Gasteiger partial charge in [-0.3, -0.25) is 0 Å². The lowest BCUT2D eigenvalue weighted by Gasteiger charge is -2.26. The van der Waals surface area contributed by atoms with Crippen LogP contribution in [0.2, 0.25) is 0 Å². The molecule has 0 bridgehead atoms. The molecule has 0 rings (SSSR count). The predicted molar refractivity (Wildman–Crippen MR) is 63.0 cm³/mol. The van der Waals surface area contributed by atoms with E-state index in [-0.39, 0.29) is 12.0 Å². The van der Waals surface area contributed by atoms with Gasteiger partial charge in [0.25, 0.3) is 0 Å². The van der Waals surface area contributed by atoms with E-state index < -0.39 is 12.8 Å². The molecule has 17 heavy (non-hydrogen) atoms. The molecule has 0 spiro atoms. The summed E-state index contributed by atoms with van der Waals surface area (Å²) in [5.74, 6) is 0. The molecule has 5 heteroatoms. The first kappa shape index (κ1) is 16.7. The topological polar surface area (TPSA) is 21.3 Å². The van der Waals surface area contributed by atoms with Gasteiger partial charge in [0.2, 0.25) is 0 Å². The maximum absolute atomic E-state index is 11.8. The smallest absolute Gasteiger partial charge is 0.372 e. The minimum absolute atomic E-state index is 0.0891. The van der Waals surface area contributed by atoms with Crippen molar-refractivity contribution >= 4 is 0 Å². The van der Waals surface area contributed by atoms with Gasteiger partial charge in [0.05, 0.1) is 0 Å². The molecule has 0 saturated carbocycles. The van der Waals surface area contributed by atoms with Gasteiger partial charge >= 0.3 is 6.18 Å². The molecule has 0 aromatic heterocycles. The Balaban J connectivity index is 3.59. The van der Waals surface area contributed by atoms with Crippen LogP contribution < -0.4 is 5.32 Å². The van der Waals surface area contributed by atoms with Gasteiger partial charge in [-0.15, -0.1) is 0 Å². The summed E-state index contributed by atoms with van der Waals surface area (Å²) in [5.41, 5.74) is 0.0891. The summed E-state index contributed by atoms with van der Waals surface area (Å²) in [4.78, 5) is 0. The fraction of sp³-hybridized carbons (Fsp3) is 1.00. The van der Waals surface area contributed by atoms with Crippen LogP contribution in [-0.2, 0) is 4.74 Å². The molecule has 1 N–H and O–H groups in total. The van der Waals surface area contributed by atoms with Crippen LogP contribution >= 0.6 is 0 Å². The van der Waals surface area contributed by atoms with Gasteiger partial charge < -0.3 is 10.1 Å². The van der Waals surface area contributed by atoms with Crippen LogP contribution in [0.3, 0.4) is 0 Å². The number of nitrogens with one attached hydrogen (secondary N) is 1. The van der Waals surface area contributed by atoms with Crippen LogP contribution in [0.1, 0.15) is 40.5 Å². The molecule has 0 atom stereocenters. The Morgan fingerprint density at radius 1 is 1.18 bits per heavy atom. The maximum Gasteiger partial charge on any atom is 0.411 e. The molecule has 0 saturated heterocycles. The molecule has 0 amide bonds. The summed E-state index contributed by atoms with van der Waals surface area (Å²) in [5, 5.41) is 3.33. The van der Waals surface area contributed by atoms with Crippen LogP contribution in [-0.4, -0.2) is 32.0 Å². The minimum Gasteiger partial charge on any atom is -0.372 e. The first-order valence-corrected chi connectivity index (χ1v) is 6.00. The SMILES string of the molecule is CC(C)NCC(C)(C)CCCOCC(F)(F)F. The third-order valence-electron chi connectivity index (χ3n) is 2.40. The van der Waals surface area contributed by atoms with E-state index in [0.717, 1.165) is 13.0 Å². The van der Waals surface area contributed by atoms with Crippen molar-refractivity contribution in [2.45, 2.75) is 52.8 Å². The van der Waals surface area contributed by atoms with Crippen molar-refractivity contribution < 1.29 is 17.9 Å². The van der Waals surface area contributed by atoms with Crippen LogP contribution in [0.4, 0.5) is 13.2 Å². The second kappa shape index (κ2) is 7.21. The number of hydrogen-bond acceptors (Lipinski definition) is 2. The normalized spacial score (nSPS) is 13.4. The first-order valence-electron chi connectivity index (χ1n) is 6.00. The second-order valence-corrected chi connectivity index (χ2v) is 5.47. The summed E-state index contributed by atoms with van der Waals surface area (Å²) >= 11 is 0. The van der Waals surface area contributed by atoms with E-state index in [0.29, 0.717) is 12.5 Å². The van der Waals surface area contributed by atoms with Crippen LogP contribution in [0.5, 0.6) is 0 Å². The molecule has 0 aromatic carbocycles. The third-order valence-corrected chi connectivity index (χ3v) is 2.40. The fourth-order valence-corrected chi connectivity index (χ4v) is 1.41. The van der Waals surface area contributed by atoms with Crippen molar-refractivity contribution in [2.75, 3.05) is 19.8 Å². The Hall–Kier alpha value is -0.290. The van der Waals surface area contributed by atoms with Gasteiger partial charge in [-0.2, -0.15) is 13.2 Å². The van der Waals surface area contributed by atoms with Crippen molar-refractivity contribution in [1.82, 2.24) is 5.32 Å². The monoisotopic (exact) mass is 255 g/mol. The zero-order chi connectivity index (χ0) is 13.5. The average molecular weight is 255 g/mol. The van der Waals surface area contributed by atoms with Gasteiger partial charge in [0.15, 0.2) is 0 Å². The van der Waals surface area contributed by atoms with Gasteiger partial charge in [0.1, 0.15) is 6.61 Å². The zero-order valence-electron chi connectivity index (χ0n) is 11.2. The van der Waals surface area contributed by atoms with Crippen molar-refractivity contribution in [3.8, 4) is 0 Å². The summed E-state index contributed by atoms with van der Waals surface area (Å²) in [6, 6.07) is 0.427. The fourth-order valence-electron chi connectivity index (χ4n) is 1.41. The molecule has 0 heterocycles. The van der Waals surface area contributed by atoms with Gasteiger partial charge in [-0.25, -0.2) is 0 Å². The van der Waals surface area contributed by atoms with E-state index in [9.17, 15) is 13.2 Å². The Bertz CT molecular complexity index is 202. The summed E-state index contributed by atoms with van der Waals surface area (Å²) in [6.45, 7) is 8.25. The van der Waals surface area contributed by atoms with E-state index in [1.807, 2.05) is 0 Å². The molecule has 0 aliphatic rings. The Morgan fingerprint density at radius 2 is 1.76 bits per heavy atom. The lowest BCUT2D eigenvalue weighted by molar-refractivity contribution is -0.174. The van der Waals surface area contributed by atoms with E-state index in [2.05, 4.69) is 37.7 Å². The number of alkyl halides is 3. The van der Waals surface area contributed by atoms with Crippen LogP contribution in [0.25, 0.3) is 0 Å². The summed E-state index contributed by atoms with van der Waals surface area (Å²) < 4.78 is 39.9. The predicted octanol–water partition coefficient (Wildman–Crippen LogP) is 3.37. The van der Waals surface area contributed by atoms with E-state index >= 15 is 0 Å². The number of hydrogen-bond donors (Lipinski definition) is 1. The molecule has 0 aromatic rings. The highest BCUT2D eigenvalue weighted by Gasteiger charge is 2.27. The van der Waals surface area contributed by atoms with Crippen LogP contribution in [0, 0.1) is 5.41 Å². The van der Waals surface area contributed by atoms with E-state index in [1.165, 1.54) is 0 Å². The molecule has 0 aliphatic carbocycles. The highest BCUT2D eigenvalue weighted by atomic mass is 19.4. The van der Waals surface area contributed by atoms with Crippen molar-refractivity contribution in [3.63, 3.8) is 0 Å². The molecule has 0 unspecified atom stereocenters. The summed E-state index contributed by atoms with van der Waals surface area (Å²) in [6.07, 6.45) is -2.71. The minimum atomic E-state index is -4.21. The molecule has 104 valence electrons. The molecule has 2 nitrogen and oxygen atoms in total. The number of ether oxygens (including phenoxy) is 1. The molecular formula is C12H24F3NO. The maximum atomic E-state index is 11.8. The van der Waals surface area contributed by atoms with Crippen molar-refractivity contribution in [1.29, 1.82) is 0 Å². The standard InChI is InChI=1S/C12H24F3NO/c1-10(2)16-8-11(3,4)6-5-7-17-9-12(13,14)15/h10,16H,5-9H2,1-4H3. The van der Waals surface area contributed by atoms with Gasteiger partial charge in [-0.1, -0.05) is 27.7 Å². The van der Waals surface area contributed by atoms with Crippen molar-refractivity contribution in [3.05, 3.63) is 0 Å². The number of halogens is 3. The van der Waals surface area contributed by atoms with E-state index in [4.69, 9.17) is 0 Å². The highest BCUT2D eigenvalue weighted by Crippen LogP contribution is 2.22. The first-order chi connectivity index (χ1) is 7.62. The third kappa shape index (κ3) is 12.0. The molecule has 0 radical (unpaired) electrons. The quantitative estimate of drug-likeness (QED) is 0.671. The Labute approximate surface area is 102 Å². The molecule has 0 aliphatic heterocycles. The van der Waals surface area contributed by atoms with Crippen molar-refractivity contribution in [2.24, 2.45) is 5.41 Å². The van der Waals surface area contributed by atoms with Gasteiger partial charge in [0, 0.05) is 19.2 Å². The lowest BCUT2D eigenvalue weighted by Crippen LogP contribution is -2.34. The average Bonchev–Trinajstić information content (AvgIpc) is 2.12. The lowest BCUT2D eigenvalue weighted by atomic mass is 9.87. The van der Waals surface area contributed by atoms with Gasteiger partial charge in [-0.05, 0) is 18.3 Å². The summed E-state index contributed by atoms with van der Waals surface area (Å²) in [7, 11) is 0. The molecular weight excluding hydrogens is 231 g/mol.